The Morgan fingerprint density at radius 3 is 2.16 bits per heavy atom. The minimum Gasteiger partial charge on any atom is -0.497 e. The van der Waals surface area contributed by atoms with Crippen molar-refractivity contribution in [3.8, 4) is 16.9 Å². The third-order valence-electron chi connectivity index (χ3n) is 7.03. The van der Waals surface area contributed by atoms with E-state index in [-0.39, 0.29) is 19.1 Å². The molecule has 0 unspecified atom stereocenters. The first-order valence-electron chi connectivity index (χ1n) is 14.1. The van der Waals surface area contributed by atoms with Crippen LogP contribution < -0.4 is 15.0 Å². The zero-order valence-corrected chi connectivity index (χ0v) is 25.1. The molecule has 0 saturated carbocycles. The highest BCUT2D eigenvalue weighted by atomic mass is 16.6. The number of hydrogen-bond acceptors (Lipinski definition) is 6. The average molecular weight is 583 g/mol. The van der Waals surface area contributed by atoms with E-state index in [0.29, 0.717) is 23.4 Å². The van der Waals surface area contributed by atoms with Gasteiger partial charge in [0.1, 0.15) is 30.5 Å². The number of nitrogens with one attached hydrogen (secondary N) is 1. The van der Waals surface area contributed by atoms with Crippen molar-refractivity contribution in [3.05, 3.63) is 109 Å². The summed E-state index contributed by atoms with van der Waals surface area (Å²) in [6.45, 7) is 12.5. The Hall–Kier alpha value is -4.85. The summed E-state index contributed by atoms with van der Waals surface area (Å²) in [6.07, 6.45) is 2.62. The monoisotopic (exact) mass is 582 g/mol. The van der Waals surface area contributed by atoms with E-state index in [2.05, 4.69) is 30.6 Å². The zero-order valence-electron chi connectivity index (χ0n) is 25.1. The van der Waals surface area contributed by atoms with Crippen LogP contribution >= 0.6 is 0 Å². The number of allylic oxidation sites excluding steroid dienone is 1. The standard InChI is InChI=1S/C35H38N2O6/c1-7-13-23-20-24(41-6)18-19-31(23)37(21-32(38)43-35(3,4)5)33(39)30(8-2)36-34(40)42-22-29-27-16-11-9-14-25(27)26-15-10-12-17-28(26)29/h7-12,14-20,29-30H,1-2,13,21-22H2,3-6H3,(H,36,40)/t30-/m0/s1. The molecule has 1 aliphatic carbocycles. The molecule has 2 amide bonds. The molecular formula is C35H38N2O6. The van der Waals surface area contributed by atoms with Crippen LogP contribution in [0, 0.1) is 0 Å². The van der Waals surface area contributed by atoms with Crippen molar-refractivity contribution in [1.82, 2.24) is 5.32 Å². The molecule has 1 N–H and O–H groups in total. The second-order valence-corrected chi connectivity index (χ2v) is 11.2. The van der Waals surface area contributed by atoms with Crippen molar-refractivity contribution in [2.75, 3.05) is 25.2 Å². The first kappa shape index (κ1) is 31.1. The Bertz CT molecular complexity index is 1480. The van der Waals surface area contributed by atoms with Crippen LogP contribution in [0.3, 0.4) is 0 Å². The summed E-state index contributed by atoms with van der Waals surface area (Å²) in [5, 5.41) is 2.62. The van der Waals surface area contributed by atoms with Crippen molar-refractivity contribution in [1.29, 1.82) is 0 Å². The van der Waals surface area contributed by atoms with Crippen LogP contribution in [0.4, 0.5) is 10.5 Å². The van der Waals surface area contributed by atoms with Gasteiger partial charge in [0.2, 0.25) is 0 Å². The summed E-state index contributed by atoms with van der Waals surface area (Å²) in [4.78, 5) is 41.2. The minimum absolute atomic E-state index is 0.0848. The number of carbonyl (C=O) groups excluding carboxylic acids is 3. The van der Waals surface area contributed by atoms with Crippen molar-refractivity contribution >= 4 is 23.7 Å². The average Bonchev–Trinajstić information content (AvgIpc) is 3.30. The highest BCUT2D eigenvalue weighted by Crippen LogP contribution is 2.44. The topological polar surface area (TPSA) is 94.2 Å². The minimum atomic E-state index is -1.18. The van der Waals surface area contributed by atoms with Gasteiger partial charge in [-0.1, -0.05) is 60.7 Å². The molecular weight excluding hydrogens is 544 g/mol. The third kappa shape index (κ3) is 7.33. The molecule has 1 atom stereocenters. The molecule has 1 aliphatic rings. The van der Waals surface area contributed by atoms with Crippen LogP contribution in [-0.2, 0) is 25.5 Å². The Balaban J connectivity index is 1.54. The van der Waals surface area contributed by atoms with Gasteiger partial charge >= 0.3 is 12.1 Å². The van der Waals surface area contributed by atoms with Gasteiger partial charge in [-0.25, -0.2) is 4.79 Å². The molecule has 0 saturated heterocycles. The van der Waals surface area contributed by atoms with Gasteiger partial charge in [-0.05, 0) is 73.2 Å². The molecule has 0 radical (unpaired) electrons. The molecule has 0 aliphatic heterocycles. The fourth-order valence-electron chi connectivity index (χ4n) is 5.21. The molecule has 8 heteroatoms. The lowest BCUT2D eigenvalue weighted by molar-refractivity contribution is -0.153. The summed E-state index contributed by atoms with van der Waals surface area (Å²) >= 11 is 0. The van der Waals surface area contributed by atoms with Gasteiger partial charge in [0.15, 0.2) is 0 Å². The summed E-state index contributed by atoms with van der Waals surface area (Å²) in [5.41, 5.74) is 4.77. The molecule has 3 aromatic carbocycles. The van der Waals surface area contributed by atoms with Gasteiger partial charge in [0.05, 0.1) is 7.11 Å². The highest BCUT2D eigenvalue weighted by Gasteiger charge is 2.32. The maximum Gasteiger partial charge on any atom is 0.408 e. The second kappa shape index (κ2) is 13.4. The lowest BCUT2D eigenvalue weighted by Gasteiger charge is -2.29. The number of ether oxygens (including phenoxy) is 3. The molecule has 0 fully saturated rings. The van der Waals surface area contributed by atoms with Crippen LogP contribution in [0.15, 0.2) is 92.0 Å². The Morgan fingerprint density at radius 1 is 0.977 bits per heavy atom. The zero-order chi connectivity index (χ0) is 31.1. The quantitative estimate of drug-likeness (QED) is 0.214. The summed E-state index contributed by atoms with van der Waals surface area (Å²) < 4.78 is 16.5. The van der Waals surface area contributed by atoms with Crippen LogP contribution in [0.5, 0.6) is 5.75 Å². The Kier molecular flexibility index (Phi) is 9.70. The highest BCUT2D eigenvalue weighted by molar-refractivity contribution is 6.03. The van der Waals surface area contributed by atoms with Crippen molar-refractivity contribution in [2.45, 2.75) is 44.8 Å². The van der Waals surface area contributed by atoms with E-state index in [1.165, 1.54) is 11.0 Å². The van der Waals surface area contributed by atoms with Crippen LogP contribution in [0.2, 0.25) is 0 Å². The Labute approximate surface area is 252 Å². The van der Waals surface area contributed by atoms with Gasteiger partial charge in [0, 0.05) is 11.6 Å². The second-order valence-electron chi connectivity index (χ2n) is 11.2. The normalized spacial score (nSPS) is 12.7. The molecule has 0 heterocycles. The maximum absolute atomic E-state index is 13.9. The van der Waals surface area contributed by atoms with E-state index in [0.717, 1.165) is 22.3 Å². The molecule has 43 heavy (non-hydrogen) atoms. The summed E-state index contributed by atoms with van der Waals surface area (Å²) in [5.74, 6) is -0.738. The van der Waals surface area contributed by atoms with Gasteiger partial charge in [-0.3, -0.25) is 14.5 Å². The van der Waals surface area contributed by atoms with E-state index in [9.17, 15) is 14.4 Å². The number of hydrogen-bond donors (Lipinski definition) is 1. The first-order chi connectivity index (χ1) is 20.6. The number of alkyl carbamates (subject to hydrolysis) is 1. The van der Waals surface area contributed by atoms with Crippen LogP contribution in [0.1, 0.15) is 43.4 Å². The van der Waals surface area contributed by atoms with Gasteiger partial charge in [-0.2, -0.15) is 0 Å². The van der Waals surface area contributed by atoms with Crippen molar-refractivity contribution in [3.63, 3.8) is 0 Å². The van der Waals surface area contributed by atoms with Crippen molar-refractivity contribution < 1.29 is 28.6 Å². The Morgan fingerprint density at radius 2 is 1.60 bits per heavy atom. The number of nitrogens with zero attached hydrogens (tertiary/aromatic N) is 1. The molecule has 3 aromatic rings. The first-order valence-corrected chi connectivity index (χ1v) is 14.1. The SMILES string of the molecule is C=CCc1cc(OC)ccc1N(CC(=O)OC(C)(C)C)C(=O)[C@H](C=C)NC(=O)OCC1c2ccccc2-c2ccccc21. The molecule has 4 rings (SSSR count). The lowest BCUT2D eigenvalue weighted by atomic mass is 9.98. The van der Waals surface area contributed by atoms with Crippen LogP contribution in [0.25, 0.3) is 11.1 Å². The van der Waals surface area contributed by atoms with Crippen molar-refractivity contribution in [2.24, 2.45) is 0 Å². The number of amides is 2. The molecule has 8 nitrogen and oxygen atoms in total. The van der Waals surface area contributed by atoms with E-state index in [4.69, 9.17) is 14.2 Å². The predicted molar refractivity (Wildman–Crippen MR) is 167 cm³/mol. The molecule has 0 aromatic heterocycles. The van der Waals surface area contributed by atoms with E-state index in [1.807, 2.05) is 36.4 Å². The maximum atomic E-state index is 13.9. The van der Waals surface area contributed by atoms with Gasteiger partial charge in [0.25, 0.3) is 5.91 Å². The van der Waals surface area contributed by atoms with Crippen LogP contribution in [-0.4, -0.2) is 49.9 Å². The number of anilines is 1. The smallest absolute Gasteiger partial charge is 0.408 e. The summed E-state index contributed by atoms with van der Waals surface area (Å²) in [7, 11) is 1.54. The van der Waals surface area contributed by atoms with E-state index >= 15 is 0 Å². The molecule has 224 valence electrons. The number of fused-ring (bicyclic) bond motifs is 3. The van der Waals surface area contributed by atoms with Gasteiger partial charge in [-0.15, -0.1) is 13.2 Å². The largest absolute Gasteiger partial charge is 0.497 e. The fraction of sp³-hybridized carbons (Fsp3) is 0.286. The lowest BCUT2D eigenvalue weighted by Crippen LogP contribution is -2.50. The number of methoxy groups -OCH3 is 1. The number of benzene rings is 3. The molecule has 0 bridgehead atoms. The third-order valence-corrected chi connectivity index (χ3v) is 7.03. The van der Waals surface area contributed by atoms with E-state index < -0.39 is 29.6 Å². The van der Waals surface area contributed by atoms with E-state index in [1.54, 1.807) is 52.2 Å². The van der Waals surface area contributed by atoms with Gasteiger partial charge < -0.3 is 19.5 Å². The number of rotatable bonds is 11. The fourth-order valence-corrected chi connectivity index (χ4v) is 5.21. The summed E-state index contributed by atoms with van der Waals surface area (Å²) in [6, 6.07) is 20.0. The predicted octanol–water partition coefficient (Wildman–Crippen LogP) is 6.19. The number of esters is 1. The molecule has 0 spiro atoms. The number of carbonyl (C=O) groups is 3.